The standard InChI is InChI=1S/C15H12N4O6/c1-9-2-4-10(5-3-9)14(20)16-17-15(21)11-6-12(18(22)23)8-13(7-11)19(24)25/h2-8H,1H3,(H,16,20)(H,17,21). The van der Waals surface area contributed by atoms with Crippen molar-refractivity contribution in [3.05, 3.63) is 79.4 Å². The summed E-state index contributed by atoms with van der Waals surface area (Å²) in [5.74, 6) is -1.53. The highest BCUT2D eigenvalue weighted by Crippen LogP contribution is 2.22. The largest absolute Gasteiger partial charge is 0.277 e. The molecular formula is C15H12N4O6. The SMILES string of the molecule is Cc1ccc(C(=O)NNC(=O)c2cc([N+](=O)[O-])cc([N+](=O)[O-])c2)cc1. The van der Waals surface area contributed by atoms with Gasteiger partial charge in [-0.15, -0.1) is 0 Å². The van der Waals surface area contributed by atoms with Crippen LogP contribution >= 0.6 is 0 Å². The van der Waals surface area contributed by atoms with E-state index in [9.17, 15) is 29.8 Å². The van der Waals surface area contributed by atoms with Crippen LogP contribution in [0.15, 0.2) is 42.5 Å². The third kappa shape index (κ3) is 4.34. The van der Waals surface area contributed by atoms with Gasteiger partial charge >= 0.3 is 0 Å². The lowest BCUT2D eigenvalue weighted by Crippen LogP contribution is -2.41. The van der Waals surface area contributed by atoms with Crippen LogP contribution in [0.4, 0.5) is 11.4 Å². The Bertz CT molecular complexity index is 831. The summed E-state index contributed by atoms with van der Waals surface area (Å²) < 4.78 is 0. The average Bonchev–Trinajstić information content (AvgIpc) is 2.59. The number of carbonyl (C=O) groups excluding carboxylic acids is 2. The summed E-state index contributed by atoms with van der Waals surface area (Å²) in [4.78, 5) is 43.8. The number of amides is 2. The molecule has 0 radical (unpaired) electrons. The molecule has 2 amide bonds. The maximum atomic E-state index is 12.0. The van der Waals surface area contributed by atoms with Gasteiger partial charge in [-0.2, -0.15) is 0 Å². The van der Waals surface area contributed by atoms with E-state index < -0.39 is 33.0 Å². The first-order valence-electron chi connectivity index (χ1n) is 6.89. The van der Waals surface area contributed by atoms with Crippen LogP contribution in [-0.2, 0) is 0 Å². The Balaban J connectivity index is 2.14. The molecule has 0 atom stereocenters. The number of hydrogen-bond donors (Lipinski definition) is 2. The minimum Gasteiger partial charge on any atom is -0.267 e. The number of aryl methyl sites for hydroxylation is 1. The maximum absolute atomic E-state index is 12.0. The Morgan fingerprint density at radius 2 is 1.24 bits per heavy atom. The molecule has 0 aliphatic heterocycles. The fourth-order valence-electron chi connectivity index (χ4n) is 1.90. The fraction of sp³-hybridized carbons (Fsp3) is 0.0667. The van der Waals surface area contributed by atoms with Crippen LogP contribution in [-0.4, -0.2) is 21.7 Å². The van der Waals surface area contributed by atoms with Gasteiger partial charge in [-0.25, -0.2) is 0 Å². The van der Waals surface area contributed by atoms with Crippen molar-refractivity contribution in [2.24, 2.45) is 0 Å². The second kappa shape index (κ2) is 7.17. The minimum atomic E-state index is -0.924. The van der Waals surface area contributed by atoms with Crippen molar-refractivity contribution in [1.29, 1.82) is 0 Å². The van der Waals surface area contributed by atoms with Gasteiger partial charge < -0.3 is 0 Å². The van der Waals surface area contributed by atoms with E-state index in [4.69, 9.17) is 0 Å². The zero-order valence-corrected chi connectivity index (χ0v) is 12.9. The molecular weight excluding hydrogens is 332 g/mol. The predicted molar refractivity (Wildman–Crippen MR) is 85.9 cm³/mol. The number of nitro groups is 2. The van der Waals surface area contributed by atoms with Gasteiger partial charge in [0.25, 0.3) is 23.2 Å². The number of rotatable bonds is 4. The quantitative estimate of drug-likeness (QED) is 0.640. The molecule has 0 saturated carbocycles. The summed E-state index contributed by atoms with van der Waals surface area (Å²) in [6.07, 6.45) is 0. The van der Waals surface area contributed by atoms with Crippen LogP contribution in [0.2, 0.25) is 0 Å². The van der Waals surface area contributed by atoms with Gasteiger partial charge in [0.2, 0.25) is 0 Å². The highest BCUT2D eigenvalue weighted by Gasteiger charge is 2.20. The van der Waals surface area contributed by atoms with E-state index in [1.807, 2.05) is 6.92 Å². The first-order chi connectivity index (χ1) is 11.8. The fourth-order valence-corrected chi connectivity index (χ4v) is 1.90. The summed E-state index contributed by atoms with van der Waals surface area (Å²) in [5.41, 5.74) is 3.89. The Labute approximate surface area is 140 Å². The highest BCUT2D eigenvalue weighted by molar-refractivity contribution is 5.99. The molecule has 0 heterocycles. The van der Waals surface area contributed by atoms with Crippen LogP contribution in [0.5, 0.6) is 0 Å². The summed E-state index contributed by atoms with van der Waals surface area (Å²) in [7, 11) is 0. The molecule has 128 valence electrons. The van der Waals surface area contributed by atoms with Crippen molar-refractivity contribution in [2.45, 2.75) is 6.92 Å². The molecule has 0 aliphatic carbocycles. The lowest BCUT2D eigenvalue weighted by molar-refractivity contribution is -0.394. The summed E-state index contributed by atoms with van der Waals surface area (Å²) in [6.45, 7) is 1.85. The molecule has 0 aliphatic rings. The van der Waals surface area contributed by atoms with E-state index in [-0.39, 0.29) is 11.1 Å². The molecule has 2 N–H and O–H groups in total. The molecule has 2 rings (SSSR count). The Kier molecular flexibility index (Phi) is 5.03. The molecule has 2 aromatic carbocycles. The predicted octanol–water partition coefficient (Wildman–Crippen LogP) is 1.89. The van der Waals surface area contributed by atoms with Crippen LogP contribution in [0, 0.1) is 27.2 Å². The molecule has 10 heteroatoms. The van der Waals surface area contributed by atoms with Crippen LogP contribution in [0.1, 0.15) is 26.3 Å². The van der Waals surface area contributed by atoms with E-state index in [1.54, 1.807) is 24.3 Å². The lowest BCUT2D eigenvalue weighted by Gasteiger charge is -2.07. The average molecular weight is 344 g/mol. The summed E-state index contributed by atoms with van der Waals surface area (Å²) in [6, 6.07) is 9.01. The summed E-state index contributed by atoms with van der Waals surface area (Å²) >= 11 is 0. The molecule has 0 aromatic heterocycles. The van der Waals surface area contributed by atoms with Crippen molar-refractivity contribution in [3.63, 3.8) is 0 Å². The molecule has 0 fully saturated rings. The van der Waals surface area contributed by atoms with Gasteiger partial charge in [0.05, 0.1) is 21.5 Å². The van der Waals surface area contributed by atoms with Crippen LogP contribution in [0.25, 0.3) is 0 Å². The maximum Gasteiger partial charge on any atom is 0.277 e. The van der Waals surface area contributed by atoms with Crippen molar-refractivity contribution in [3.8, 4) is 0 Å². The van der Waals surface area contributed by atoms with E-state index in [0.29, 0.717) is 0 Å². The van der Waals surface area contributed by atoms with Gasteiger partial charge in [0.1, 0.15) is 0 Å². The molecule has 0 spiro atoms. The molecule has 25 heavy (non-hydrogen) atoms. The van der Waals surface area contributed by atoms with E-state index in [2.05, 4.69) is 10.9 Å². The number of carbonyl (C=O) groups is 2. The third-order valence-electron chi connectivity index (χ3n) is 3.19. The van der Waals surface area contributed by atoms with Gasteiger partial charge in [-0.05, 0) is 19.1 Å². The second-order valence-electron chi connectivity index (χ2n) is 5.03. The van der Waals surface area contributed by atoms with Gasteiger partial charge in [-0.3, -0.25) is 40.7 Å². The van der Waals surface area contributed by atoms with Crippen LogP contribution < -0.4 is 10.9 Å². The molecule has 10 nitrogen and oxygen atoms in total. The highest BCUT2D eigenvalue weighted by atomic mass is 16.6. The Morgan fingerprint density at radius 3 is 1.68 bits per heavy atom. The van der Waals surface area contributed by atoms with Crippen LogP contribution in [0.3, 0.4) is 0 Å². The lowest BCUT2D eigenvalue weighted by atomic mass is 10.1. The number of nitrogens with one attached hydrogen (secondary N) is 2. The number of hydrogen-bond acceptors (Lipinski definition) is 6. The molecule has 0 bridgehead atoms. The van der Waals surface area contributed by atoms with Gasteiger partial charge in [0.15, 0.2) is 0 Å². The molecule has 0 unspecified atom stereocenters. The van der Waals surface area contributed by atoms with E-state index in [1.165, 1.54) is 0 Å². The van der Waals surface area contributed by atoms with Crippen molar-refractivity contribution < 1.29 is 19.4 Å². The number of hydrazine groups is 1. The first kappa shape index (κ1) is 17.5. The second-order valence-corrected chi connectivity index (χ2v) is 5.03. The summed E-state index contributed by atoms with van der Waals surface area (Å²) in [5, 5.41) is 21.6. The Morgan fingerprint density at radius 1 is 0.800 bits per heavy atom. The van der Waals surface area contributed by atoms with Crippen molar-refractivity contribution in [1.82, 2.24) is 10.9 Å². The van der Waals surface area contributed by atoms with Gasteiger partial charge in [0, 0.05) is 17.7 Å². The first-order valence-corrected chi connectivity index (χ1v) is 6.89. The molecule has 0 saturated heterocycles. The van der Waals surface area contributed by atoms with Gasteiger partial charge in [-0.1, -0.05) is 17.7 Å². The van der Waals surface area contributed by atoms with E-state index >= 15 is 0 Å². The number of nitro benzene ring substituents is 2. The minimum absolute atomic E-state index is 0.288. The number of non-ortho nitro benzene ring substituents is 2. The zero-order chi connectivity index (χ0) is 18.6. The van der Waals surface area contributed by atoms with Crippen molar-refractivity contribution >= 4 is 23.2 Å². The number of benzene rings is 2. The smallest absolute Gasteiger partial charge is 0.267 e. The molecule has 2 aromatic rings. The van der Waals surface area contributed by atoms with Crippen molar-refractivity contribution in [2.75, 3.05) is 0 Å². The zero-order valence-electron chi connectivity index (χ0n) is 12.9. The topological polar surface area (TPSA) is 144 Å². The van der Waals surface area contributed by atoms with E-state index in [0.717, 1.165) is 23.8 Å². The third-order valence-corrected chi connectivity index (χ3v) is 3.19. The Hall–Kier alpha value is -3.82. The normalized spacial score (nSPS) is 9.96. The monoisotopic (exact) mass is 344 g/mol. The number of nitrogens with zero attached hydrogens (tertiary/aromatic N) is 2.